The molecule has 0 aromatic rings. The van der Waals surface area contributed by atoms with Gasteiger partial charge in [0.25, 0.3) is 0 Å². The second kappa shape index (κ2) is 4.07. The van der Waals surface area contributed by atoms with Crippen molar-refractivity contribution in [2.45, 2.75) is 46.6 Å². The summed E-state index contributed by atoms with van der Waals surface area (Å²) in [6.07, 6.45) is 1.14. The zero-order valence-corrected chi connectivity index (χ0v) is 9.84. The minimum absolute atomic E-state index is 0.165. The van der Waals surface area contributed by atoms with Crippen molar-refractivity contribution in [3.8, 4) is 0 Å². The topological polar surface area (TPSA) is 12.0 Å². The molecule has 0 aromatic carbocycles. The van der Waals surface area contributed by atoms with Crippen molar-refractivity contribution in [3.05, 3.63) is 0 Å². The Kier molecular flexibility index (Phi) is 4.32. The van der Waals surface area contributed by atoms with Crippen molar-refractivity contribution in [2.75, 3.05) is 0 Å². The smallest absolute Gasteiger partial charge is 0.0455 e. The standard InChI is InChI=1S/C8H19ClNP/c1-7(2,3)6-8(4,5)10-11-9/h10-11H,6H2,1-5H3. The van der Waals surface area contributed by atoms with E-state index in [9.17, 15) is 0 Å². The molecule has 1 atom stereocenters. The molecule has 0 radical (unpaired) electrons. The quantitative estimate of drug-likeness (QED) is 0.680. The molecule has 0 bridgehead atoms. The Morgan fingerprint density at radius 3 is 1.91 bits per heavy atom. The van der Waals surface area contributed by atoms with Crippen LogP contribution in [0.1, 0.15) is 41.0 Å². The molecule has 0 aromatic heterocycles. The first-order valence-corrected chi connectivity index (χ1v) is 5.91. The van der Waals surface area contributed by atoms with Gasteiger partial charge in [-0.1, -0.05) is 32.0 Å². The first kappa shape index (κ1) is 11.7. The maximum Gasteiger partial charge on any atom is 0.0455 e. The van der Waals surface area contributed by atoms with Crippen LogP contribution >= 0.6 is 19.3 Å². The van der Waals surface area contributed by atoms with Crippen LogP contribution in [0.15, 0.2) is 0 Å². The normalized spacial score (nSPS) is 14.7. The Morgan fingerprint density at radius 1 is 1.18 bits per heavy atom. The Bertz CT molecular complexity index is 118. The highest BCUT2D eigenvalue weighted by Crippen LogP contribution is 2.29. The third kappa shape index (κ3) is 7.05. The molecule has 1 unspecified atom stereocenters. The minimum atomic E-state index is 0.165. The van der Waals surface area contributed by atoms with E-state index < -0.39 is 0 Å². The van der Waals surface area contributed by atoms with Crippen LogP contribution in [0.3, 0.4) is 0 Å². The van der Waals surface area contributed by atoms with Gasteiger partial charge in [-0.15, -0.1) is 0 Å². The Labute approximate surface area is 76.9 Å². The summed E-state index contributed by atoms with van der Waals surface area (Å²) in [7, 11) is 0.317. The molecule has 68 valence electrons. The lowest BCUT2D eigenvalue weighted by molar-refractivity contribution is 0.273. The molecule has 0 amide bonds. The van der Waals surface area contributed by atoms with E-state index in [1.807, 2.05) is 0 Å². The van der Waals surface area contributed by atoms with E-state index in [-0.39, 0.29) is 5.54 Å². The lowest BCUT2D eigenvalue weighted by Gasteiger charge is -2.32. The average Bonchev–Trinajstić information content (AvgIpc) is 1.55. The summed E-state index contributed by atoms with van der Waals surface area (Å²) in [6.45, 7) is 11.1. The van der Waals surface area contributed by atoms with Crippen LogP contribution < -0.4 is 5.09 Å². The molecule has 0 fully saturated rings. The van der Waals surface area contributed by atoms with Gasteiger partial charge in [-0.2, -0.15) is 0 Å². The molecular weight excluding hydrogens is 177 g/mol. The molecule has 11 heavy (non-hydrogen) atoms. The van der Waals surface area contributed by atoms with Crippen molar-refractivity contribution in [1.82, 2.24) is 5.09 Å². The number of halogens is 1. The highest BCUT2D eigenvalue weighted by molar-refractivity contribution is 7.66. The van der Waals surface area contributed by atoms with Gasteiger partial charge in [0.2, 0.25) is 0 Å². The summed E-state index contributed by atoms with van der Waals surface area (Å²) in [4.78, 5) is 0. The maximum atomic E-state index is 5.63. The van der Waals surface area contributed by atoms with Gasteiger partial charge in [-0.05, 0) is 25.7 Å². The molecule has 0 aliphatic carbocycles. The highest BCUT2D eigenvalue weighted by Gasteiger charge is 2.24. The molecule has 3 heteroatoms. The van der Waals surface area contributed by atoms with Crippen molar-refractivity contribution in [3.63, 3.8) is 0 Å². The van der Waals surface area contributed by atoms with Crippen molar-refractivity contribution in [1.29, 1.82) is 0 Å². The molecule has 0 heterocycles. The van der Waals surface area contributed by atoms with Crippen molar-refractivity contribution in [2.24, 2.45) is 5.41 Å². The zero-order valence-electron chi connectivity index (χ0n) is 8.09. The van der Waals surface area contributed by atoms with Gasteiger partial charge in [0, 0.05) is 13.6 Å². The third-order valence-corrected chi connectivity index (χ3v) is 2.41. The highest BCUT2D eigenvalue weighted by atomic mass is 35.7. The predicted molar refractivity (Wildman–Crippen MR) is 55.5 cm³/mol. The maximum absolute atomic E-state index is 5.63. The van der Waals surface area contributed by atoms with Crippen LogP contribution in [0.2, 0.25) is 0 Å². The second-order valence-electron chi connectivity index (χ2n) is 4.84. The summed E-state index contributed by atoms with van der Waals surface area (Å²) < 4.78 is 0. The van der Waals surface area contributed by atoms with E-state index in [0.717, 1.165) is 6.42 Å². The van der Waals surface area contributed by atoms with Crippen LogP contribution in [0, 0.1) is 5.41 Å². The van der Waals surface area contributed by atoms with Crippen LogP contribution in [0.5, 0.6) is 0 Å². The third-order valence-electron chi connectivity index (χ3n) is 1.36. The van der Waals surface area contributed by atoms with E-state index >= 15 is 0 Å². The van der Waals surface area contributed by atoms with E-state index in [0.29, 0.717) is 13.5 Å². The SMILES string of the molecule is CC(C)(C)CC(C)(C)NPCl. The van der Waals surface area contributed by atoms with Gasteiger partial charge < -0.3 is 0 Å². The predicted octanol–water partition coefficient (Wildman–Crippen LogP) is 3.54. The summed E-state index contributed by atoms with van der Waals surface area (Å²) in [5, 5.41) is 3.27. The van der Waals surface area contributed by atoms with Gasteiger partial charge in [-0.25, -0.2) is 0 Å². The summed E-state index contributed by atoms with van der Waals surface area (Å²) in [5.41, 5.74) is 0.533. The average molecular weight is 196 g/mol. The molecule has 0 rings (SSSR count). The fraction of sp³-hybridized carbons (Fsp3) is 1.00. The van der Waals surface area contributed by atoms with E-state index in [1.165, 1.54) is 0 Å². The minimum Gasteiger partial charge on any atom is -0.280 e. The molecule has 1 nitrogen and oxygen atoms in total. The van der Waals surface area contributed by atoms with Gasteiger partial charge in [0.1, 0.15) is 0 Å². The molecular formula is C8H19ClNP. The monoisotopic (exact) mass is 195 g/mol. The molecule has 0 aliphatic heterocycles. The molecule has 0 saturated carbocycles. The van der Waals surface area contributed by atoms with Gasteiger partial charge in [-0.3, -0.25) is 5.09 Å². The van der Waals surface area contributed by atoms with Crippen LogP contribution in [-0.2, 0) is 0 Å². The molecule has 0 saturated heterocycles. The first-order valence-electron chi connectivity index (χ1n) is 3.90. The first-order chi connectivity index (χ1) is 4.77. The fourth-order valence-electron chi connectivity index (χ4n) is 1.50. The van der Waals surface area contributed by atoms with Crippen LogP contribution in [-0.4, -0.2) is 5.54 Å². The van der Waals surface area contributed by atoms with E-state index in [1.54, 1.807) is 0 Å². The molecule has 0 spiro atoms. The van der Waals surface area contributed by atoms with Crippen LogP contribution in [0.25, 0.3) is 0 Å². The lowest BCUT2D eigenvalue weighted by Crippen LogP contribution is -2.37. The molecule has 0 aliphatic rings. The lowest BCUT2D eigenvalue weighted by atomic mass is 9.82. The van der Waals surface area contributed by atoms with Gasteiger partial charge in [0.15, 0.2) is 0 Å². The summed E-state index contributed by atoms with van der Waals surface area (Å²) in [5.74, 6) is 0. The van der Waals surface area contributed by atoms with E-state index in [4.69, 9.17) is 11.2 Å². The fourth-order valence-corrected chi connectivity index (χ4v) is 2.61. The number of hydrogen-bond donors (Lipinski definition) is 1. The number of rotatable bonds is 3. The van der Waals surface area contributed by atoms with Gasteiger partial charge in [0.05, 0.1) is 0 Å². The second-order valence-corrected chi connectivity index (χ2v) is 5.85. The number of hydrogen-bond acceptors (Lipinski definition) is 1. The molecule has 1 N–H and O–H groups in total. The Balaban J connectivity index is 3.91. The van der Waals surface area contributed by atoms with E-state index in [2.05, 4.69) is 39.7 Å². The Morgan fingerprint density at radius 2 is 1.64 bits per heavy atom. The summed E-state index contributed by atoms with van der Waals surface area (Å²) in [6, 6.07) is 0. The van der Waals surface area contributed by atoms with Crippen molar-refractivity contribution >= 4 is 19.3 Å². The largest absolute Gasteiger partial charge is 0.280 e. The number of nitrogens with one attached hydrogen (secondary N) is 1. The summed E-state index contributed by atoms with van der Waals surface area (Å²) >= 11 is 5.63. The van der Waals surface area contributed by atoms with Gasteiger partial charge >= 0.3 is 0 Å². The Hall–Kier alpha value is 0.680. The zero-order chi connectivity index (χ0) is 9.12. The van der Waals surface area contributed by atoms with Crippen molar-refractivity contribution < 1.29 is 0 Å². The van der Waals surface area contributed by atoms with Crippen LogP contribution in [0.4, 0.5) is 0 Å².